The normalized spacial score (nSPS) is 11.7. The highest BCUT2D eigenvalue weighted by Gasteiger charge is 2.17. The molecule has 0 spiro atoms. The Morgan fingerprint density at radius 2 is 0.953 bits per heavy atom. The number of benzene rings is 8. The average Bonchev–Trinajstić information content (AvgIpc) is 3.42. The van der Waals surface area contributed by atoms with Crippen LogP contribution in [0.3, 0.4) is 0 Å². The first-order valence-corrected chi connectivity index (χ1v) is 14.9. The number of para-hydroxylation sites is 1. The van der Waals surface area contributed by atoms with Crippen LogP contribution in [-0.2, 0) is 0 Å². The lowest BCUT2D eigenvalue weighted by Crippen LogP contribution is -1.95. The fourth-order valence-corrected chi connectivity index (χ4v) is 6.94. The molecule has 0 unspecified atom stereocenters. The van der Waals surface area contributed by atoms with Crippen molar-refractivity contribution in [1.29, 1.82) is 0 Å². The Kier molecular flexibility index (Phi) is 5.27. The Bertz CT molecular complexity index is 2480. The molecule has 9 aromatic rings. The zero-order valence-corrected chi connectivity index (χ0v) is 23.5. The first-order valence-electron chi connectivity index (χ1n) is 14.9. The number of fused-ring (bicyclic) bond motifs is 8. The van der Waals surface area contributed by atoms with E-state index in [0.29, 0.717) is 0 Å². The molecule has 0 radical (unpaired) electrons. The van der Waals surface area contributed by atoms with Gasteiger partial charge < -0.3 is 4.57 Å². The van der Waals surface area contributed by atoms with E-state index in [0.717, 1.165) is 0 Å². The van der Waals surface area contributed by atoms with Crippen molar-refractivity contribution in [2.75, 3.05) is 0 Å². The van der Waals surface area contributed by atoms with Crippen molar-refractivity contribution in [3.8, 4) is 27.9 Å². The van der Waals surface area contributed by atoms with Gasteiger partial charge in [0, 0.05) is 21.8 Å². The van der Waals surface area contributed by atoms with E-state index in [4.69, 9.17) is 0 Å². The van der Waals surface area contributed by atoms with E-state index < -0.39 is 0 Å². The molecule has 0 fully saturated rings. The number of aromatic nitrogens is 1. The molecule has 1 heteroatoms. The van der Waals surface area contributed by atoms with E-state index in [1.807, 2.05) is 0 Å². The highest BCUT2D eigenvalue weighted by molar-refractivity contribution is 6.22. The van der Waals surface area contributed by atoms with Crippen LogP contribution in [0.25, 0.3) is 82.1 Å². The Labute approximate surface area is 249 Å². The summed E-state index contributed by atoms with van der Waals surface area (Å²) in [5.41, 5.74) is 8.60. The monoisotopic (exact) mass is 545 g/mol. The van der Waals surface area contributed by atoms with Gasteiger partial charge in [-0.2, -0.15) is 0 Å². The van der Waals surface area contributed by atoms with Crippen LogP contribution in [0.15, 0.2) is 164 Å². The average molecular weight is 546 g/mol. The van der Waals surface area contributed by atoms with Gasteiger partial charge in [0.15, 0.2) is 0 Å². The molecular formula is C42H27N. The topological polar surface area (TPSA) is 4.93 Å². The second kappa shape index (κ2) is 9.44. The van der Waals surface area contributed by atoms with E-state index in [1.54, 1.807) is 0 Å². The van der Waals surface area contributed by atoms with E-state index in [2.05, 4.69) is 168 Å². The lowest BCUT2D eigenvalue weighted by molar-refractivity contribution is 1.19. The third-order valence-corrected chi connectivity index (χ3v) is 8.96. The van der Waals surface area contributed by atoms with Crippen molar-refractivity contribution < 1.29 is 0 Å². The summed E-state index contributed by atoms with van der Waals surface area (Å²) in [4.78, 5) is 0. The van der Waals surface area contributed by atoms with E-state index in [1.165, 1.54) is 82.1 Å². The predicted octanol–water partition coefficient (Wildman–Crippen LogP) is 11.6. The van der Waals surface area contributed by atoms with Crippen LogP contribution >= 0.6 is 0 Å². The molecule has 0 saturated carbocycles. The maximum atomic E-state index is 2.44. The first kappa shape index (κ1) is 24.0. The molecule has 1 heterocycles. The van der Waals surface area contributed by atoms with Crippen LogP contribution < -0.4 is 0 Å². The third-order valence-electron chi connectivity index (χ3n) is 8.96. The minimum Gasteiger partial charge on any atom is -0.309 e. The standard InChI is InChI=1S/C42H27N/c1-2-10-29(11-3-1)39-27-40-37-15-8-9-17-41(37)43(42(40)38-16-7-6-14-36(38)39)33-23-20-28(21-24-33)31-22-25-35-32(26-31)19-18-30-12-4-5-13-34(30)35/h1-27H. The second-order valence-electron chi connectivity index (χ2n) is 11.4. The molecule has 9 rings (SSSR count). The largest absolute Gasteiger partial charge is 0.309 e. The fraction of sp³-hybridized carbons (Fsp3) is 0. The molecule has 1 nitrogen and oxygen atoms in total. The maximum Gasteiger partial charge on any atom is 0.0619 e. The zero-order chi connectivity index (χ0) is 28.3. The molecule has 0 bridgehead atoms. The predicted molar refractivity (Wildman–Crippen MR) is 184 cm³/mol. The van der Waals surface area contributed by atoms with Crippen LogP contribution in [0.5, 0.6) is 0 Å². The number of rotatable bonds is 3. The van der Waals surface area contributed by atoms with Crippen molar-refractivity contribution in [2.45, 2.75) is 0 Å². The SMILES string of the molecule is c1ccc(-c2cc3c4ccccc4n(-c4ccc(-c5ccc6c(ccc7ccccc76)c5)cc4)c3c3ccccc23)cc1. The molecule has 1 aromatic heterocycles. The summed E-state index contributed by atoms with van der Waals surface area (Å²) in [6, 6.07) is 59.7. The number of nitrogens with zero attached hydrogens (tertiary/aromatic N) is 1. The quantitative estimate of drug-likeness (QED) is 0.195. The summed E-state index contributed by atoms with van der Waals surface area (Å²) in [5, 5.41) is 10.2. The van der Waals surface area contributed by atoms with Gasteiger partial charge in [0.1, 0.15) is 0 Å². The first-order chi connectivity index (χ1) is 21.3. The Hall–Kier alpha value is -5.66. The molecule has 0 amide bonds. The Balaban J connectivity index is 1.23. The minimum atomic E-state index is 1.17. The molecule has 0 N–H and O–H groups in total. The highest BCUT2D eigenvalue weighted by atomic mass is 15.0. The molecule has 0 aliphatic heterocycles. The highest BCUT2D eigenvalue weighted by Crippen LogP contribution is 2.41. The molecule has 0 aliphatic carbocycles. The van der Waals surface area contributed by atoms with E-state index in [9.17, 15) is 0 Å². The van der Waals surface area contributed by atoms with Crippen LogP contribution in [0.4, 0.5) is 0 Å². The summed E-state index contributed by atoms with van der Waals surface area (Å²) in [6.07, 6.45) is 0. The van der Waals surface area contributed by atoms with Gasteiger partial charge >= 0.3 is 0 Å². The summed E-state index contributed by atoms with van der Waals surface area (Å²) in [5.74, 6) is 0. The molecule has 0 aliphatic rings. The van der Waals surface area contributed by atoms with Crippen LogP contribution in [-0.4, -0.2) is 4.57 Å². The van der Waals surface area contributed by atoms with Gasteiger partial charge in [0.05, 0.1) is 11.0 Å². The lowest BCUT2D eigenvalue weighted by Gasteiger charge is -2.13. The van der Waals surface area contributed by atoms with Crippen LogP contribution in [0.2, 0.25) is 0 Å². The lowest BCUT2D eigenvalue weighted by atomic mass is 9.95. The van der Waals surface area contributed by atoms with Gasteiger partial charge in [-0.05, 0) is 79.5 Å². The van der Waals surface area contributed by atoms with E-state index in [-0.39, 0.29) is 0 Å². The minimum absolute atomic E-state index is 1.17. The van der Waals surface area contributed by atoms with Gasteiger partial charge in [-0.25, -0.2) is 0 Å². The van der Waals surface area contributed by atoms with Crippen molar-refractivity contribution in [2.24, 2.45) is 0 Å². The van der Waals surface area contributed by atoms with Crippen molar-refractivity contribution in [1.82, 2.24) is 4.57 Å². The van der Waals surface area contributed by atoms with Crippen molar-refractivity contribution in [3.63, 3.8) is 0 Å². The van der Waals surface area contributed by atoms with Crippen LogP contribution in [0, 0.1) is 0 Å². The van der Waals surface area contributed by atoms with Gasteiger partial charge in [-0.3, -0.25) is 0 Å². The summed E-state index contributed by atoms with van der Waals surface area (Å²) < 4.78 is 2.44. The summed E-state index contributed by atoms with van der Waals surface area (Å²) >= 11 is 0. The van der Waals surface area contributed by atoms with Crippen molar-refractivity contribution in [3.05, 3.63) is 164 Å². The molecule has 200 valence electrons. The zero-order valence-electron chi connectivity index (χ0n) is 23.5. The fourth-order valence-electron chi connectivity index (χ4n) is 6.94. The van der Waals surface area contributed by atoms with E-state index >= 15 is 0 Å². The van der Waals surface area contributed by atoms with Gasteiger partial charge in [-0.15, -0.1) is 0 Å². The van der Waals surface area contributed by atoms with Crippen molar-refractivity contribution >= 4 is 54.1 Å². The molecule has 0 saturated heterocycles. The Morgan fingerprint density at radius 1 is 0.326 bits per heavy atom. The second-order valence-corrected chi connectivity index (χ2v) is 11.4. The maximum absolute atomic E-state index is 2.44. The third kappa shape index (κ3) is 3.72. The molecular weight excluding hydrogens is 518 g/mol. The van der Waals surface area contributed by atoms with Gasteiger partial charge in [-0.1, -0.05) is 133 Å². The molecule has 43 heavy (non-hydrogen) atoms. The summed E-state index contributed by atoms with van der Waals surface area (Å²) in [7, 11) is 0. The van der Waals surface area contributed by atoms with Gasteiger partial charge in [0.25, 0.3) is 0 Å². The summed E-state index contributed by atoms with van der Waals surface area (Å²) in [6.45, 7) is 0. The molecule has 0 atom stereocenters. The van der Waals surface area contributed by atoms with Gasteiger partial charge in [0.2, 0.25) is 0 Å². The molecule has 8 aromatic carbocycles. The Morgan fingerprint density at radius 3 is 1.79 bits per heavy atom. The number of hydrogen-bond donors (Lipinski definition) is 0. The smallest absolute Gasteiger partial charge is 0.0619 e. The number of hydrogen-bond acceptors (Lipinski definition) is 0. The van der Waals surface area contributed by atoms with Crippen LogP contribution in [0.1, 0.15) is 0 Å².